The Balaban J connectivity index is 1.89. The van der Waals surface area contributed by atoms with Gasteiger partial charge >= 0.3 is 6.43 Å². The molecule has 0 saturated heterocycles. The second-order valence-corrected chi connectivity index (χ2v) is 10.0. The molecule has 3 aromatic heterocycles. The molecular formula is C17H19F2N5O4S2. The molecule has 0 spiro atoms. The Hall–Kier alpha value is -2.51. The van der Waals surface area contributed by atoms with E-state index in [1.54, 1.807) is 26.0 Å². The highest BCUT2D eigenvalue weighted by Crippen LogP contribution is 2.30. The summed E-state index contributed by atoms with van der Waals surface area (Å²) in [5, 5.41) is 17.3. The summed E-state index contributed by atoms with van der Waals surface area (Å²) in [7, 11) is -3.68. The van der Waals surface area contributed by atoms with Gasteiger partial charge < -0.3 is 9.52 Å². The molecule has 3 rings (SSSR count). The maximum Gasteiger partial charge on any atom is 0.314 e. The zero-order valence-electron chi connectivity index (χ0n) is 16.3. The smallest absolute Gasteiger partial charge is 0.314 e. The number of hydrogen-bond acceptors (Lipinski definition) is 9. The Morgan fingerprint density at radius 3 is 2.50 bits per heavy atom. The van der Waals surface area contributed by atoms with Gasteiger partial charge in [-0.2, -0.15) is 8.78 Å². The van der Waals surface area contributed by atoms with E-state index >= 15 is 0 Å². The summed E-state index contributed by atoms with van der Waals surface area (Å²) in [6.07, 6.45) is -0.167. The van der Waals surface area contributed by atoms with Gasteiger partial charge in [0.15, 0.2) is 0 Å². The van der Waals surface area contributed by atoms with E-state index in [9.17, 15) is 22.3 Å². The van der Waals surface area contributed by atoms with Crippen LogP contribution in [0.15, 0.2) is 28.9 Å². The first-order valence-electron chi connectivity index (χ1n) is 8.77. The lowest BCUT2D eigenvalue weighted by Gasteiger charge is -2.23. The van der Waals surface area contributed by atoms with Crippen LogP contribution in [0.1, 0.15) is 43.8 Å². The quantitative estimate of drug-likeness (QED) is 0.545. The Bertz CT molecular complexity index is 1110. The third-order valence-electron chi connectivity index (χ3n) is 4.03. The summed E-state index contributed by atoms with van der Waals surface area (Å²) in [6.45, 7) is 4.56. The lowest BCUT2D eigenvalue weighted by atomic mass is 10.1. The summed E-state index contributed by atoms with van der Waals surface area (Å²) in [6, 6.07) is 3.10. The highest BCUT2D eigenvalue weighted by Gasteiger charge is 2.25. The van der Waals surface area contributed by atoms with E-state index in [2.05, 4.69) is 20.2 Å². The van der Waals surface area contributed by atoms with Crippen molar-refractivity contribution in [2.24, 2.45) is 0 Å². The molecule has 0 fully saturated rings. The second-order valence-electron chi connectivity index (χ2n) is 6.73. The van der Waals surface area contributed by atoms with E-state index in [0.717, 1.165) is 15.6 Å². The number of pyridine rings is 1. The highest BCUT2D eigenvalue weighted by atomic mass is 32.2. The number of aromatic nitrogens is 4. The molecule has 30 heavy (non-hydrogen) atoms. The lowest BCUT2D eigenvalue weighted by Crippen LogP contribution is -2.32. The van der Waals surface area contributed by atoms with Crippen molar-refractivity contribution < 1.29 is 26.7 Å². The van der Waals surface area contributed by atoms with Gasteiger partial charge in [0.05, 0.1) is 36.1 Å². The van der Waals surface area contributed by atoms with Crippen molar-refractivity contribution >= 4 is 27.0 Å². The van der Waals surface area contributed by atoms with Crippen molar-refractivity contribution in [2.45, 2.75) is 39.3 Å². The second kappa shape index (κ2) is 8.32. The van der Waals surface area contributed by atoms with E-state index < -0.39 is 27.9 Å². The summed E-state index contributed by atoms with van der Waals surface area (Å²) in [5.41, 5.74) is -0.472. The summed E-state index contributed by atoms with van der Waals surface area (Å²) in [5.74, 6) is -1.07. The molecule has 3 aromatic rings. The predicted molar refractivity (Wildman–Crippen MR) is 105 cm³/mol. The van der Waals surface area contributed by atoms with E-state index in [0.29, 0.717) is 21.3 Å². The van der Waals surface area contributed by atoms with Crippen LogP contribution in [0.3, 0.4) is 0 Å². The van der Waals surface area contributed by atoms with Gasteiger partial charge in [-0.05, 0) is 32.9 Å². The third kappa shape index (κ3) is 4.79. The van der Waals surface area contributed by atoms with Crippen molar-refractivity contribution in [1.82, 2.24) is 20.2 Å². The van der Waals surface area contributed by atoms with Gasteiger partial charge in [-0.15, -0.1) is 21.5 Å². The minimum absolute atomic E-state index is 0.0970. The van der Waals surface area contributed by atoms with E-state index in [-0.39, 0.29) is 18.2 Å². The SMILES string of the molecule is CCS(=O)(=O)N(Cc1ncc(-c2nnc(C(F)F)o2)s1)c1ccc(C(C)(C)O)nc1. The normalized spacial score (nSPS) is 12.5. The molecule has 0 amide bonds. The zero-order chi connectivity index (χ0) is 22.1. The first kappa shape index (κ1) is 22.2. The van der Waals surface area contributed by atoms with Crippen LogP contribution < -0.4 is 4.31 Å². The number of anilines is 1. The van der Waals surface area contributed by atoms with Crippen LogP contribution in [0.4, 0.5) is 14.5 Å². The highest BCUT2D eigenvalue weighted by molar-refractivity contribution is 7.92. The van der Waals surface area contributed by atoms with Crippen molar-refractivity contribution in [1.29, 1.82) is 0 Å². The molecular weight excluding hydrogens is 440 g/mol. The third-order valence-corrected chi connectivity index (χ3v) is 6.74. The van der Waals surface area contributed by atoms with Gasteiger partial charge in [0.1, 0.15) is 15.5 Å². The largest absolute Gasteiger partial charge is 0.414 e. The number of thiazole rings is 1. The van der Waals surface area contributed by atoms with Gasteiger partial charge in [0.2, 0.25) is 10.0 Å². The lowest BCUT2D eigenvalue weighted by molar-refractivity contribution is 0.0739. The first-order valence-corrected chi connectivity index (χ1v) is 11.2. The molecule has 0 aliphatic rings. The fraction of sp³-hybridized carbons (Fsp3) is 0.412. The number of hydrogen-bond donors (Lipinski definition) is 1. The number of rotatable bonds is 8. The van der Waals surface area contributed by atoms with Crippen molar-refractivity contribution in [3.8, 4) is 10.8 Å². The summed E-state index contributed by atoms with van der Waals surface area (Å²) >= 11 is 1.05. The van der Waals surface area contributed by atoms with Gasteiger partial charge in [-0.1, -0.05) is 0 Å². The fourth-order valence-corrected chi connectivity index (χ4v) is 4.40. The van der Waals surface area contributed by atoms with Gasteiger partial charge in [-0.3, -0.25) is 9.29 Å². The topological polar surface area (TPSA) is 122 Å². The molecule has 0 unspecified atom stereocenters. The standard InChI is InChI=1S/C17H19F2N5O4S2/c1-4-30(26,27)24(10-5-6-12(20-7-10)17(2,3)25)9-13-21-8-11(29-13)15-22-23-16(28-15)14(18)19/h5-8,14,25H,4,9H2,1-3H3. The van der Waals surface area contributed by atoms with Crippen LogP contribution in [-0.4, -0.2) is 39.4 Å². The maximum atomic E-state index is 12.6. The average molecular weight is 460 g/mol. The van der Waals surface area contributed by atoms with Crippen LogP contribution in [0.2, 0.25) is 0 Å². The molecule has 0 radical (unpaired) electrons. The fourth-order valence-electron chi connectivity index (χ4n) is 2.43. The van der Waals surface area contributed by atoms with Gasteiger partial charge in [0, 0.05) is 0 Å². The molecule has 0 atom stereocenters. The molecule has 3 heterocycles. The molecule has 162 valence electrons. The predicted octanol–water partition coefficient (Wildman–Crippen LogP) is 3.11. The minimum Gasteiger partial charge on any atom is -0.414 e. The molecule has 13 heteroatoms. The molecule has 9 nitrogen and oxygen atoms in total. The van der Waals surface area contributed by atoms with Gasteiger partial charge in [-0.25, -0.2) is 13.4 Å². The van der Waals surface area contributed by atoms with Crippen LogP contribution in [-0.2, 0) is 22.2 Å². The Labute approximate surface area is 175 Å². The first-order chi connectivity index (χ1) is 14.0. The monoisotopic (exact) mass is 459 g/mol. The van der Waals surface area contributed by atoms with E-state index in [1.807, 2.05) is 0 Å². The molecule has 0 aliphatic heterocycles. The van der Waals surface area contributed by atoms with Crippen LogP contribution in [0.25, 0.3) is 10.8 Å². The molecule has 0 aromatic carbocycles. The van der Waals surface area contributed by atoms with E-state index in [1.165, 1.54) is 19.3 Å². The van der Waals surface area contributed by atoms with Crippen molar-refractivity contribution in [3.63, 3.8) is 0 Å². The van der Waals surface area contributed by atoms with Gasteiger partial charge in [0.25, 0.3) is 11.8 Å². The number of nitrogens with zero attached hydrogens (tertiary/aromatic N) is 5. The van der Waals surface area contributed by atoms with Crippen LogP contribution in [0, 0.1) is 0 Å². The van der Waals surface area contributed by atoms with Crippen molar-refractivity contribution in [2.75, 3.05) is 10.1 Å². The summed E-state index contributed by atoms with van der Waals surface area (Å²) < 4.78 is 56.6. The molecule has 0 saturated carbocycles. The Morgan fingerprint density at radius 1 is 1.23 bits per heavy atom. The molecule has 1 N–H and O–H groups in total. The van der Waals surface area contributed by atoms with Crippen molar-refractivity contribution in [3.05, 3.63) is 41.1 Å². The summed E-state index contributed by atoms with van der Waals surface area (Å²) in [4.78, 5) is 8.65. The number of aliphatic hydroxyl groups is 1. The average Bonchev–Trinajstić information content (AvgIpc) is 3.35. The Kier molecular flexibility index (Phi) is 6.15. The number of sulfonamides is 1. The number of alkyl halides is 2. The van der Waals surface area contributed by atoms with E-state index in [4.69, 9.17) is 4.42 Å². The molecule has 0 bridgehead atoms. The Morgan fingerprint density at radius 2 is 1.97 bits per heavy atom. The van der Waals surface area contributed by atoms with Crippen LogP contribution >= 0.6 is 11.3 Å². The maximum absolute atomic E-state index is 12.6. The van der Waals surface area contributed by atoms with Crippen LogP contribution in [0.5, 0.6) is 0 Å². The zero-order valence-corrected chi connectivity index (χ0v) is 17.9. The number of halogens is 2. The molecule has 0 aliphatic carbocycles. The minimum atomic E-state index is -3.68.